The van der Waals surface area contributed by atoms with Crippen molar-refractivity contribution in [2.75, 3.05) is 26.2 Å². The van der Waals surface area contributed by atoms with E-state index < -0.39 is 17.4 Å². The van der Waals surface area contributed by atoms with Gasteiger partial charge < -0.3 is 15.0 Å². The van der Waals surface area contributed by atoms with Gasteiger partial charge in [0.05, 0.1) is 5.02 Å². The van der Waals surface area contributed by atoms with E-state index >= 15 is 0 Å². The number of imide groups is 1. The summed E-state index contributed by atoms with van der Waals surface area (Å²) < 4.78 is 14.3. The van der Waals surface area contributed by atoms with Crippen molar-refractivity contribution >= 4 is 34.4 Å². The number of aromatic hydroxyl groups is 1. The molecular formula is C28H30ClFN4O3. The molecule has 9 heteroatoms. The summed E-state index contributed by atoms with van der Waals surface area (Å²) in [7, 11) is 0. The Kier molecular flexibility index (Phi) is 5.92. The van der Waals surface area contributed by atoms with E-state index in [4.69, 9.17) is 11.6 Å². The topological polar surface area (TPSA) is 79.9 Å². The van der Waals surface area contributed by atoms with Gasteiger partial charge in [-0.25, -0.2) is 9.18 Å². The molecule has 194 valence electrons. The molecule has 7 nitrogen and oxygen atoms in total. The van der Waals surface area contributed by atoms with Crippen molar-refractivity contribution in [3.63, 3.8) is 0 Å². The highest BCUT2D eigenvalue weighted by molar-refractivity contribution is 6.31. The Labute approximate surface area is 219 Å². The van der Waals surface area contributed by atoms with Gasteiger partial charge >= 0.3 is 6.03 Å². The van der Waals surface area contributed by atoms with Crippen molar-refractivity contribution in [1.82, 2.24) is 19.7 Å². The van der Waals surface area contributed by atoms with Gasteiger partial charge in [-0.2, -0.15) is 0 Å². The van der Waals surface area contributed by atoms with E-state index in [1.165, 1.54) is 30.2 Å². The molecule has 2 aromatic carbocycles. The van der Waals surface area contributed by atoms with Crippen LogP contribution in [0.25, 0.3) is 10.9 Å². The summed E-state index contributed by atoms with van der Waals surface area (Å²) in [5.74, 6) is -0.706. The number of H-pyrrole nitrogens is 1. The van der Waals surface area contributed by atoms with Crippen molar-refractivity contribution in [2.24, 2.45) is 0 Å². The lowest BCUT2D eigenvalue weighted by atomic mass is 9.81. The van der Waals surface area contributed by atoms with Crippen LogP contribution >= 0.6 is 11.6 Å². The molecule has 37 heavy (non-hydrogen) atoms. The van der Waals surface area contributed by atoms with Gasteiger partial charge in [0.2, 0.25) is 0 Å². The third kappa shape index (κ3) is 3.89. The molecule has 3 aromatic rings. The zero-order chi connectivity index (χ0) is 25.9. The van der Waals surface area contributed by atoms with Crippen LogP contribution in [0.4, 0.5) is 9.18 Å². The number of rotatable bonds is 5. The predicted octanol–water partition coefficient (Wildman–Crippen LogP) is 5.21. The number of hydrogen-bond acceptors (Lipinski definition) is 4. The number of phenols is 1. The lowest BCUT2D eigenvalue weighted by Gasteiger charge is -2.42. The molecule has 0 bridgehead atoms. The van der Waals surface area contributed by atoms with Crippen molar-refractivity contribution in [1.29, 1.82) is 0 Å². The molecule has 6 rings (SSSR count). The van der Waals surface area contributed by atoms with Crippen molar-refractivity contribution in [2.45, 2.75) is 50.6 Å². The van der Waals surface area contributed by atoms with Gasteiger partial charge in [-0.1, -0.05) is 30.2 Å². The van der Waals surface area contributed by atoms with Gasteiger partial charge in [-0.15, -0.1) is 0 Å². The van der Waals surface area contributed by atoms with E-state index in [1.54, 1.807) is 36.1 Å². The number of fused-ring (bicyclic) bond motifs is 4. The average molecular weight is 525 g/mol. The van der Waals surface area contributed by atoms with E-state index in [0.717, 1.165) is 37.0 Å². The van der Waals surface area contributed by atoms with Crippen LogP contribution in [0.15, 0.2) is 36.4 Å². The summed E-state index contributed by atoms with van der Waals surface area (Å²) in [6, 6.07) is 8.65. The van der Waals surface area contributed by atoms with E-state index in [9.17, 15) is 19.1 Å². The van der Waals surface area contributed by atoms with E-state index in [0.29, 0.717) is 23.3 Å². The molecule has 2 unspecified atom stereocenters. The van der Waals surface area contributed by atoms with E-state index in [-0.39, 0.29) is 29.1 Å². The van der Waals surface area contributed by atoms with Gasteiger partial charge in [-0.05, 0) is 81.2 Å². The minimum atomic E-state index is -1.12. The van der Waals surface area contributed by atoms with Gasteiger partial charge in [0.15, 0.2) is 0 Å². The van der Waals surface area contributed by atoms with Crippen LogP contribution in [0.5, 0.6) is 5.75 Å². The Balaban J connectivity index is 1.40. The number of benzene rings is 2. The second-order valence-corrected chi connectivity index (χ2v) is 11.0. The monoisotopic (exact) mass is 524 g/mol. The summed E-state index contributed by atoms with van der Waals surface area (Å²) in [6.45, 7) is 5.16. The predicted molar refractivity (Wildman–Crippen MR) is 139 cm³/mol. The molecule has 0 aliphatic carbocycles. The SMILES string of the molecule is CC12Cc3c([nH]c4cc(F)c(Cl)cc34)C(c3cccc(O)c3)N1C(=O)N(CCCN1CCCCC1)C2=O. The maximum absolute atomic E-state index is 14.3. The molecule has 3 aliphatic heterocycles. The number of aromatic amines is 1. The molecule has 0 radical (unpaired) electrons. The molecule has 2 saturated heterocycles. The van der Waals surface area contributed by atoms with Crippen LogP contribution in [0.3, 0.4) is 0 Å². The maximum atomic E-state index is 14.3. The minimum Gasteiger partial charge on any atom is -0.508 e. The Morgan fingerprint density at radius 3 is 2.68 bits per heavy atom. The number of nitrogens with one attached hydrogen (secondary N) is 1. The number of carbonyl (C=O) groups is 2. The molecule has 2 atom stereocenters. The number of nitrogens with zero attached hydrogens (tertiary/aromatic N) is 3. The van der Waals surface area contributed by atoms with E-state index in [1.807, 2.05) is 6.07 Å². The zero-order valence-electron chi connectivity index (χ0n) is 20.8. The quantitative estimate of drug-likeness (QED) is 0.449. The first-order valence-corrected chi connectivity index (χ1v) is 13.3. The molecule has 1 aromatic heterocycles. The number of phenolic OH excluding ortho intramolecular Hbond substituents is 1. The van der Waals surface area contributed by atoms with Crippen molar-refractivity contribution in [3.05, 3.63) is 64.1 Å². The Morgan fingerprint density at radius 2 is 1.92 bits per heavy atom. The van der Waals surface area contributed by atoms with Crippen molar-refractivity contribution < 1.29 is 19.1 Å². The third-order valence-corrected chi connectivity index (χ3v) is 8.49. The smallest absolute Gasteiger partial charge is 0.328 e. The lowest BCUT2D eigenvalue weighted by Crippen LogP contribution is -2.53. The van der Waals surface area contributed by atoms with Crippen LogP contribution in [0.2, 0.25) is 5.02 Å². The fraction of sp³-hybridized carbons (Fsp3) is 0.429. The third-order valence-electron chi connectivity index (χ3n) is 8.20. The van der Waals surface area contributed by atoms with Gasteiger partial charge in [0.25, 0.3) is 5.91 Å². The molecule has 0 spiro atoms. The Bertz CT molecular complexity index is 1400. The minimum absolute atomic E-state index is 0.00366. The summed E-state index contributed by atoms with van der Waals surface area (Å²) in [5.41, 5.74) is 1.64. The number of aromatic nitrogens is 1. The largest absolute Gasteiger partial charge is 0.508 e. The first kappa shape index (κ1) is 24.2. The Hall–Kier alpha value is -3.10. The standard InChI is InChI=1S/C28H30ClFN4O3/c1-28-16-20-19-14-21(29)22(30)15-23(19)31-24(20)25(17-7-5-8-18(35)13-17)34(28)27(37)33(26(28)36)12-6-11-32-9-3-2-4-10-32/h5,7-8,13-15,25,31,35H,2-4,6,9-12,16H2,1H3. The summed E-state index contributed by atoms with van der Waals surface area (Å²) >= 11 is 6.14. The fourth-order valence-electron chi connectivity index (χ4n) is 6.38. The second-order valence-electron chi connectivity index (χ2n) is 10.6. The lowest BCUT2D eigenvalue weighted by molar-refractivity contribution is -0.133. The molecule has 3 amide bonds. The average Bonchev–Trinajstić information content (AvgIpc) is 3.30. The summed E-state index contributed by atoms with van der Waals surface area (Å²) in [5, 5.41) is 11.0. The first-order valence-electron chi connectivity index (χ1n) is 12.9. The molecule has 3 aliphatic rings. The zero-order valence-corrected chi connectivity index (χ0v) is 21.5. The highest BCUT2D eigenvalue weighted by Crippen LogP contribution is 2.49. The Morgan fingerprint density at radius 1 is 1.14 bits per heavy atom. The number of halogens is 2. The van der Waals surface area contributed by atoms with Crippen LogP contribution in [0, 0.1) is 5.82 Å². The molecule has 0 saturated carbocycles. The normalized spacial score (nSPS) is 24.1. The molecule has 2 N–H and O–H groups in total. The van der Waals surface area contributed by atoms with Crippen LogP contribution < -0.4 is 0 Å². The summed E-state index contributed by atoms with van der Waals surface area (Å²) in [6.07, 6.45) is 4.65. The number of likely N-dealkylation sites (tertiary alicyclic amines) is 1. The number of piperidine rings is 1. The van der Waals surface area contributed by atoms with Gasteiger partial charge in [-0.3, -0.25) is 14.6 Å². The summed E-state index contributed by atoms with van der Waals surface area (Å²) in [4.78, 5) is 36.5. The van der Waals surface area contributed by atoms with Gasteiger partial charge in [0, 0.05) is 29.6 Å². The van der Waals surface area contributed by atoms with Crippen molar-refractivity contribution in [3.8, 4) is 5.75 Å². The highest BCUT2D eigenvalue weighted by atomic mass is 35.5. The molecular weight excluding hydrogens is 495 g/mol. The second kappa shape index (κ2) is 9.03. The van der Waals surface area contributed by atoms with Crippen LogP contribution in [0.1, 0.15) is 55.5 Å². The number of urea groups is 1. The molecule has 4 heterocycles. The van der Waals surface area contributed by atoms with Crippen LogP contribution in [-0.4, -0.2) is 68.4 Å². The number of hydrogen-bond donors (Lipinski definition) is 2. The fourth-order valence-corrected chi connectivity index (χ4v) is 6.55. The van der Waals surface area contributed by atoms with E-state index in [2.05, 4.69) is 9.88 Å². The first-order chi connectivity index (χ1) is 17.8. The maximum Gasteiger partial charge on any atom is 0.328 e. The van der Waals surface area contributed by atoms with Gasteiger partial charge in [0.1, 0.15) is 23.1 Å². The molecule has 2 fully saturated rings. The highest BCUT2D eigenvalue weighted by Gasteiger charge is 2.60. The number of carbonyl (C=O) groups excluding carboxylic acids is 2. The van der Waals surface area contributed by atoms with Crippen LogP contribution in [-0.2, 0) is 11.2 Å². The number of amides is 3.